The monoisotopic (exact) mass is 476 g/mol. The van der Waals surface area contributed by atoms with Crippen LogP contribution in [0.15, 0.2) is 54.6 Å². The second-order valence-electron chi connectivity index (χ2n) is 9.87. The zero-order valence-corrected chi connectivity index (χ0v) is 20.5. The Kier molecular flexibility index (Phi) is 7.02. The van der Waals surface area contributed by atoms with Crippen molar-refractivity contribution in [3.8, 4) is 0 Å². The van der Waals surface area contributed by atoms with Gasteiger partial charge in [-0.1, -0.05) is 29.8 Å². The van der Waals surface area contributed by atoms with Crippen LogP contribution in [0.25, 0.3) is 10.9 Å². The Morgan fingerprint density at radius 1 is 1.03 bits per heavy atom. The van der Waals surface area contributed by atoms with Gasteiger partial charge in [-0.05, 0) is 106 Å². The van der Waals surface area contributed by atoms with Crippen LogP contribution in [0, 0.1) is 12.8 Å². The molecule has 1 aliphatic heterocycles. The largest absolute Gasteiger partial charge is 0.334 e. The summed E-state index contributed by atoms with van der Waals surface area (Å²) in [6, 6.07) is 18.7. The molecule has 178 valence electrons. The van der Waals surface area contributed by atoms with E-state index in [4.69, 9.17) is 11.6 Å². The van der Waals surface area contributed by atoms with E-state index >= 15 is 0 Å². The number of benzene rings is 2. The summed E-state index contributed by atoms with van der Waals surface area (Å²) in [5.74, 6) is 0.722. The summed E-state index contributed by atoms with van der Waals surface area (Å²) in [7, 11) is 0. The lowest BCUT2D eigenvalue weighted by atomic mass is 9.89. The van der Waals surface area contributed by atoms with E-state index < -0.39 is 0 Å². The maximum atomic E-state index is 12.8. The van der Waals surface area contributed by atoms with Gasteiger partial charge in [-0.2, -0.15) is 0 Å². The zero-order chi connectivity index (χ0) is 23.5. The van der Waals surface area contributed by atoms with Crippen LogP contribution >= 0.6 is 11.6 Å². The van der Waals surface area contributed by atoms with Gasteiger partial charge in [-0.25, -0.2) is 4.79 Å². The molecule has 2 N–H and O–H groups in total. The number of likely N-dealkylation sites (tertiary alicyclic amines) is 1. The molecule has 6 heteroatoms. The Bertz CT molecular complexity index is 1140. The van der Waals surface area contributed by atoms with Gasteiger partial charge in [0.2, 0.25) is 0 Å². The van der Waals surface area contributed by atoms with Gasteiger partial charge < -0.3 is 10.6 Å². The number of amides is 2. The summed E-state index contributed by atoms with van der Waals surface area (Å²) < 4.78 is 0. The molecule has 2 aliphatic rings. The van der Waals surface area contributed by atoms with Crippen molar-refractivity contribution in [2.24, 2.45) is 5.92 Å². The average Bonchev–Trinajstić information content (AvgIpc) is 3.29. The number of anilines is 1. The maximum Gasteiger partial charge on any atom is 0.319 e. The molecule has 5 nitrogen and oxygen atoms in total. The highest BCUT2D eigenvalue weighted by Crippen LogP contribution is 2.30. The van der Waals surface area contributed by atoms with Crippen molar-refractivity contribution in [3.63, 3.8) is 0 Å². The Hall–Kier alpha value is -2.63. The Labute approximate surface area is 206 Å². The number of aryl methyl sites for hydroxylation is 1. The van der Waals surface area contributed by atoms with Crippen molar-refractivity contribution >= 4 is 34.2 Å². The highest BCUT2D eigenvalue weighted by Gasteiger charge is 2.35. The first-order valence-corrected chi connectivity index (χ1v) is 12.8. The van der Waals surface area contributed by atoms with E-state index in [-0.39, 0.29) is 12.1 Å². The van der Waals surface area contributed by atoms with E-state index in [9.17, 15) is 4.79 Å². The quantitative estimate of drug-likeness (QED) is 0.461. The number of fused-ring (bicyclic) bond motifs is 1. The smallest absolute Gasteiger partial charge is 0.319 e. The molecular formula is C28H33ClN4O. The predicted molar refractivity (Wildman–Crippen MR) is 140 cm³/mol. The maximum absolute atomic E-state index is 12.8. The van der Waals surface area contributed by atoms with Crippen LogP contribution in [0.2, 0.25) is 5.02 Å². The molecule has 34 heavy (non-hydrogen) atoms. The molecule has 2 aromatic carbocycles. The Morgan fingerprint density at radius 3 is 2.62 bits per heavy atom. The van der Waals surface area contributed by atoms with Gasteiger partial charge in [-0.15, -0.1) is 0 Å². The minimum Gasteiger partial charge on any atom is -0.334 e. The number of hydrogen-bond donors (Lipinski definition) is 2. The second kappa shape index (κ2) is 10.3. The first-order chi connectivity index (χ1) is 16.5. The molecule has 0 radical (unpaired) electrons. The number of nitrogens with one attached hydrogen (secondary N) is 2. The lowest BCUT2D eigenvalue weighted by Crippen LogP contribution is -2.52. The molecule has 0 spiro atoms. The van der Waals surface area contributed by atoms with E-state index in [1.807, 2.05) is 49.4 Å². The lowest BCUT2D eigenvalue weighted by Gasteiger charge is -2.38. The number of urea groups is 1. The van der Waals surface area contributed by atoms with E-state index in [0.717, 1.165) is 65.6 Å². The zero-order valence-electron chi connectivity index (χ0n) is 19.8. The highest BCUT2D eigenvalue weighted by atomic mass is 35.5. The fourth-order valence-corrected chi connectivity index (χ4v) is 5.76. The van der Waals surface area contributed by atoms with Gasteiger partial charge in [0.05, 0.1) is 5.52 Å². The van der Waals surface area contributed by atoms with Crippen LogP contribution < -0.4 is 10.6 Å². The SMILES string of the molecule is Cc1ccc2cc(NC(=O)N[C@@H]3CCC[C@H]3N3CCC(Cc4ccc(Cl)cc4)CC3)ccc2n1. The average molecular weight is 477 g/mol. The third-order valence-electron chi connectivity index (χ3n) is 7.44. The summed E-state index contributed by atoms with van der Waals surface area (Å²) >= 11 is 6.03. The number of rotatable bonds is 5. The fourth-order valence-electron chi connectivity index (χ4n) is 5.63. The number of nitrogens with zero attached hydrogens (tertiary/aromatic N) is 2. The molecule has 1 aromatic heterocycles. The molecule has 2 amide bonds. The van der Waals surface area contributed by atoms with Crippen LogP contribution in [0.4, 0.5) is 10.5 Å². The molecule has 5 rings (SSSR count). The number of carbonyl (C=O) groups is 1. The number of halogens is 1. The van der Waals surface area contributed by atoms with Crippen LogP contribution in [-0.4, -0.2) is 41.1 Å². The van der Waals surface area contributed by atoms with Crippen molar-refractivity contribution < 1.29 is 4.79 Å². The number of piperidine rings is 1. The minimum atomic E-state index is -0.117. The number of pyridine rings is 1. The van der Waals surface area contributed by atoms with Crippen molar-refractivity contribution in [2.75, 3.05) is 18.4 Å². The number of aromatic nitrogens is 1. The molecule has 2 heterocycles. The summed E-state index contributed by atoms with van der Waals surface area (Å²) in [5, 5.41) is 8.13. The van der Waals surface area contributed by atoms with E-state index in [2.05, 4.69) is 32.7 Å². The van der Waals surface area contributed by atoms with Gasteiger partial charge >= 0.3 is 6.03 Å². The van der Waals surface area contributed by atoms with Gasteiger partial charge in [0, 0.05) is 33.9 Å². The molecule has 0 bridgehead atoms. The summed E-state index contributed by atoms with van der Waals surface area (Å²) in [5.41, 5.74) is 4.11. The summed E-state index contributed by atoms with van der Waals surface area (Å²) in [6.07, 6.45) is 6.92. The second-order valence-corrected chi connectivity index (χ2v) is 10.3. The first kappa shape index (κ1) is 23.1. The van der Waals surface area contributed by atoms with E-state index in [1.165, 1.54) is 24.8 Å². The number of hydrogen-bond acceptors (Lipinski definition) is 3. The molecule has 1 saturated heterocycles. The Balaban J connectivity index is 1.13. The van der Waals surface area contributed by atoms with Gasteiger partial charge in [-0.3, -0.25) is 9.88 Å². The van der Waals surface area contributed by atoms with E-state index in [0.29, 0.717) is 6.04 Å². The van der Waals surface area contributed by atoms with Gasteiger partial charge in [0.15, 0.2) is 0 Å². The highest BCUT2D eigenvalue weighted by molar-refractivity contribution is 6.30. The molecule has 0 unspecified atom stereocenters. The summed E-state index contributed by atoms with van der Waals surface area (Å²) in [6.45, 7) is 4.21. The third-order valence-corrected chi connectivity index (χ3v) is 7.69. The normalized spacial score (nSPS) is 21.6. The molecule has 1 saturated carbocycles. The van der Waals surface area contributed by atoms with Gasteiger partial charge in [0.1, 0.15) is 0 Å². The van der Waals surface area contributed by atoms with Crippen LogP contribution in [0.1, 0.15) is 43.4 Å². The minimum absolute atomic E-state index is 0.117. The molecule has 2 fully saturated rings. The molecule has 1 aliphatic carbocycles. The third kappa shape index (κ3) is 5.53. The standard InChI is InChI=1S/C28H33ClN4O/c1-19-5-8-22-18-24(11-12-25(22)30-19)31-28(34)32-26-3-2-4-27(26)33-15-13-21(14-16-33)17-20-6-9-23(29)10-7-20/h5-12,18,21,26-27H,2-4,13-17H2,1H3,(H2,31,32,34)/t26-,27-/m1/s1. The topological polar surface area (TPSA) is 57.3 Å². The Morgan fingerprint density at radius 2 is 1.82 bits per heavy atom. The number of carbonyl (C=O) groups excluding carboxylic acids is 1. The van der Waals surface area contributed by atoms with Gasteiger partial charge in [0.25, 0.3) is 0 Å². The van der Waals surface area contributed by atoms with Crippen molar-refractivity contribution in [2.45, 2.75) is 57.5 Å². The molecule has 3 aromatic rings. The molecule has 2 atom stereocenters. The van der Waals surface area contributed by atoms with Crippen molar-refractivity contribution in [1.82, 2.24) is 15.2 Å². The predicted octanol–water partition coefficient (Wildman–Crippen LogP) is 6.19. The van der Waals surface area contributed by atoms with Crippen LogP contribution in [0.3, 0.4) is 0 Å². The lowest BCUT2D eigenvalue weighted by molar-refractivity contribution is 0.119. The van der Waals surface area contributed by atoms with E-state index in [1.54, 1.807) is 0 Å². The fraction of sp³-hybridized carbons (Fsp3) is 0.429. The summed E-state index contributed by atoms with van der Waals surface area (Å²) in [4.78, 5) is 19.9. The van der Waals surface area contributed by atoms with Crippen LogP contribution in [0.5, 0.6) is 0 Å². The van der Waals surface area contributed by atoms with Crippen LogP contribution in [-0.2, 0) is 6.42 Å². The first-order valence-electron chi connectivity index (χ1n) is 12.5. The molecular weight excluding hydrogens is 444 g/mol. The van der Waals surface area contributed by atoms with Crippen molar-refractivity contribution in [3.05, 3.63) is 70.9 Å². The van der Waals surface area contributed by atoms with Crippen molar-refractivity contribution in [1.29, 1.82) is 0 Å².